The SMILES string of the molecule is CCOc1ccc(/C=N\NC(=O)CSc2nnc(SCc3ccccc3Cl)s2)cc1OC. The van der Waals surface area contributed by atoms with Gasteiger partial charge in [0.2, 0.25) is 0 Å². The van der Waals surface area contributed by atoms with E-state index in [0.29, 0.717) is 23.9 Å². The van der Waals surface area contributed by atoms with Gasteiger partial charge in [-0.3, -0.25) is 4.79 Å². The second kappa shape index (κ2) is 12.7. The molecule has 0 aliphatic carbocycles. The van der Waals surface area contributed by atoms with Crippen LogP contribution in [0.2, 0.25) is 5.02 Å². The van der Waals surface area contributed by atoms with E-state index in [1.54, 1.807) is 37.2 Å². The molecule has 0 bridgehead atoms. The van der Waals surface area contributed by atoms with Gasteiger partial charge in [0.1, 0.15) is 0 Å². The quantitative estimate of drug-likeness (QED) is 0.218. The van der Waals surface area contributed by atoms with Crippen LogP contribution in [0.25, 0.3) is 0 Å². The molecule has 1 amide bonds. The van der Waals surface area contributed by atoms with Crippen LogP contribution in [0.15, 0.2) is 56.2 Å². The van der Waals surface area contributed by atoms with Crippen LogP contribution in [-0.2, 0) is 10.5 Å². The number of amides is 1. The van der Waals surface area contributed by atoms with E-state index in [4.69, 9.17) is 21.1 Å². The summed E-state index contributed by atoms with van der Waals surface area (Å²) in [6, 6.07) is 13.1. The molecule has 0 radical (unpaired) electrons. The van der Waals surface area contributed by atoms with Gasteiger partial charge in [0.15, 0.2) is 20.2 Å². The van der Waals surface area contributed by atoms with Gasteiger partial charge < -0.3 is 9.47 Å². The number of hydrogen-bond donors (Lipinski definition) is 1. The van der Waals surface area contributed by atoms with E-state index in [0.717, 1.165) is 24.8 Å². The summed E-state index contributed by atoms with van der Waals surface area (Å²) >= 11 is 10.5. The fraction of sp³-hybridized carbons (Fsp3) is 0.238. The van der Waals surface area contributed by atoms with Gasteiger partial charge >= 0.3 is 0 Å². The Kier molecular flexibility index (Phi) is 9.66. The average Bonchev–Trinajstić information content (AvgIpc) is 3.26. The smallest absolute Gasteiger partial charge is 0.250 e. The summed E-state index contributed by atoms with van der Waals surface area (Å²) < 4.78 is 12.3. The third kappa shape index (κ3) is 7.40. The van der Waals surface area contributed by atoms with E-state index in [-0.39, 0.29) is 11.7 Å². The molecule has 0 fully saturated rings. The first-order chi connectivity index (χ1) is 15.6. The van der Waals surface area contributed by atoms with E-state index >= 15 is 0 Å². The molecule has 0 spiro atoms. The van der Waals surface area contributed by atoms with Crippen LogP contribution in [0.5, 0.6) is 11.5 Å². The average molecular weight is 509 g/mol. The maximum Gasteiger partial charge on any atom is 0.250 e. The summed E-state index contributed by atoms with van der Waals surface area (Å²) in [6.07, 6.45) is 1.55. The Balaban J connectivity index is 1.44. The predicted octanol–water partition coefficient (Wildman–Crippen LogP) is 5.13. The molecule has 7 nitrogen and oxygen atoms in total. The first kappa shape index (κ1) is 24.4. The molecule has 0 saturated heterocycles. The summed E-state index contributed by atoms with van der Waals surface area (Å²) in [4.78, 5) is 12.1. The minimum Gasteiger partial charge on any atom is -0.493 e. The van der Waals surface area contributed by atoms with E-state index < -0.39 is 0 Å². The molecule has 3 aromatic rings. The third-order valence-corrected chi connectivity index (χ3v) is 7.52. The lowest BCUT2D eigenvalue weighted by Crippen LogP contribution is -2.19. The fourth-order valence-electron chi connectivity index (χ4n) is 2.45. The van der Waals surface area contributed by atoms with Crippen molar-refractivity contribution < 1.29 is 14.3 Å². The Hall–Kier alpha value is -2.27. The maximum absolute atomic E-state index is 12.1. The van der Waals surface area contributed by atoms with Crippen molar-refractivity contribution >= 4 is 58.6 Å². The minimum atomic E-state index is -0.232. The van der Waals surface area contributed by atoms with Crippen LogP contribution in [0.1, 0.15) is 18.1 Å². The third-order valence-electron chi connectivity index (χ3n) is 3.91. The number of hydrogen-bond acceptors (Lipinski definition) is 9. The summed E-state index contributed by atoms with van der Waals surface area (Å²) in [5.41, 5.74) is 4.34. The highest BCUT2D eigenvalue weighted by molar-refractivity contribution is 8.03. The number of halogens is 1. The molecule has 0 saturated carbocycles. The number of thioether (sulfide) groups is 2. The van der Waals surface area contributed by atoms with Crippen LogP contribution < -0.4 is 14.9 Å². The number of carbonyl (C=O) groups excluding carboxylic acids is 1. The monoisotopic (exact) mass is 508 g/mol. The van der Waals surface area contributed by atoms with E-state index in [1.807, 2.05) is 37.3 Å². The molecular formula is C21H21ClN4O3S3. The van der Waals surface area contributed by atoms with E-state index in [1.165, 1.54) is 23.1 Å². The van der Waals surface area contributed by atoms with Crippen LogP contribution in [-0.4, -0.2) is 41.8 Å². The first-order valence-corrected chi connectivity index (χ1v) is 12.7. The lowest BCUT2D eigenvalue weighted by atomic mass is 10.2. The zero-order valence-electron chi connectivity index (χ0n) is 17.4. The Morgan fingerprint density at radius 1 is 1.19 bits per heavy atom. The Bertz CT molecular complexity index is 1080. The van der Waals surface area contributed by atoms with E-state index in [2.05, 4.69) is 20.7 Å². The second-order valence-electron chi connectivity index (χ2n) is 6.14. The van der Waals surface area contributed by atoms with Gasteiger partial charge in [-0.15, -0.1) is 10.2 Å². The highest BCUT2D eigenvalue weighted by atomic mass is 35.5. The van der Waals surface area contributed by atoms with Gasteiger partial charge in [-0.1, -0.05) is 64.7 Å². The topological polar surface area (TPSA) is 85.7 Å². The van der Waals surface area contributed by atoms with Gasteiger partial charge in [-0.2, -0.15) is 5.10 Å². The van der Waals surface area contributed by atoms with Crippen LogP contribution in [0, 0.1) is 0 Å². The lowest BCUT2D eigenvalue weighted by Gasteiger charge is -2.09. The highest BCUT2D eigenvalue weighted by Gasteiger charge is 2.10. The van der Waals surface area contributed by atoms with Crippen molar-refractivity contribution in [2.45, 2.75) is 21.4 Å². The van der Waals surface area contributed by atoms with Gasteiger partial charge in [-0.25, -0.2) is 5.43 Å². The molecule has 1 N–H and O–H groups in total. The molecule has 0 aliphatic rings. The lowest BCUT2D eigenvalue weighted by molar-refractivity contribution is -0.118. The molecule has 32 heavy (non-hydrogen) atoms. The van der Waals surface area contributed by atoms with Crippen molar-refractivity contribution in [1.29, 1.82) is 0 Å². The first-order valence-electron chi connectivity index (χ1n) is 9.54. The summed E-state index contributed by atoms with van der Waals surface area (Å²) in [7, 11) is 1.58. The number of benzene rings is 2. The normalized spacial score (nSPS) is 11.0. The number of nitrogens with one attached hydrogen (secondary N) is 1. The molecule has 0 atom stereocenters. The number of hydrazone groups is 1. The number of carbonyl (C=O) groups is 1. The Labute approximate surface area is 204 Å². The van der Waals surface area contributed by atoms with Gasteiger partial charge in [0.05, 0.1) is 25.7 Å². The van der Waals surface area contributed by atoms with Gasteiger partial charge in [0, 0.05) is 10.8 Å². The van der Waals surface area contributed by atoms with Crippen LogP contribution in [0.4, 0.5) is 0 Å². The highest BCUT2D eigenvalue weighted by Crippen LogP contribution is 2.32. The van der Waals surface area contributed by atoms with Crippen molar-refractivity contribution in [3.05, 3.63) is 58.6 Å². The van der Waals surface area contributed by atoms with Gasteiger partial charge in [-0.05, 0) is 42.3 Å². The zero-order valence-corrected chi connectivity index (χ0v) is 20.6. The predicted molar refractivity (Wildman–Crippen MR) is 132 cm³/mol. The van der Waals surface area contributed by atoms with Crippen molar-refractivity contribution in [3.63, 3.8) is 0 Å². The van der Waals surface area contributed by atoms with Crippen molar-refractivity contribution in [2.24, 2.45) is 5.10 Å². The molecular weight excluding hydrogens is 488 g/mol. The molecule has 3 rings (SSSR count). The van der Waals surface area contributed by atoms with E-state index in [9.17, 15) is 4.79 Å². The molecule has 168 valence electrons. The van der Waals surface area contributed by atoms with Crippen LogP contribution in [0.3, 0.4) is 0 Å². The van der Waals surface area contributed by atoms with Crippen molar-refractivity contribution in [3.8, 4) is 11.5 Å². The van der Waals surface area contributed by atoms with Crippen molar-refractivity contribution in [2.75, 3.05) is 19.5 Å². The molecule has 0 unspecified atom stereocenters. The Morgan fingerprint density at radius 3 is 2.72 bits per heavy atom. The van der Waals surface area contributed by atoms with Crippen molar-refractivity contribution in [1.82, 2.24) is 15.6 Å². The number of rotatable bonds is 11. The largest absolute Gasteiger partial charge is 0.493 e. The molecule has 0 aliphatic heterocycles. The number of aromatic nitrogens is 2. The second-order valence-corrected chi connectivity index (χ2v) is 9.97. The number of nitrogens with zero attached hydrogens (tertiary/aromatic N) is 3. The maximum atomic E-state index is 12.1. The standard InChI is InChI=1S/C21H21ClN4O3S3/c1-3-29-17-9-8-14(10-18(17)28-2)11-23-24-19(27)13-31-21-26-25-20(32-21)30-12-15-6-4-5-7-16(15)22/h4-11H,3,12-13H2,1-2H3,(H,24,27)/b23-11-. The molecule has 1 aromatic heterocycles. The number of methoxy groups -OCH3 is 1. The zero-order chi connectivity index (χ0) is 22.8. The molecule has 11 heteroatoms. The molecule has 1 heterocycles. The summed E-state index contributed by atoms with van der Waals surface area (Å²) in [6.45, 7) is 2.46. The van der Waals surface area contributed by atoms with Gasteiger partial charge in [0.25, 0.3) is 5.91 Å². The van der Waals surface area contributed by atoms with Crippen LogP contribution >= 0.6 is 46.5 Å². The summed E-state index contributed by atoms with van der Waals surface area (Å²) in [5, 5.41) is 13.0. The molecule has 2 aromatic carbocycles. The Morgan fingerprint density at radius 2 is 1.97 bits per heavy atom. The minimum absolute atomic E-state index is 0.188. The number of ether oxygens (including phenoxy) is 2. The summed E-state index contributed by atoms with van der Waals surface area (Å²) in [5.74, 6) is 1.94. The fourth-order valence-corrected chi connectivity index (χ4v) is 5.54.